The van der Waals surface area contributed by atoms with Gasteiger partial charge in [-0.2, -0.15) is 12.6 Å². The molecule has 0 saturated heterocycles. The Bertz CT molecular complexity index is 119. The van der Waals surface area contributed by atoms with E-state index in [0.717, 1.165) is 7.55 Å². The smallest absolute Gasteiger partial charge is 0.286 e. The van der Waals surface area contributed by atoms with Gasteiger partial charge >= 0.3 is 0 Å². The minimum atomic E-state index is 0.284. The van der Waals surface area contributed by atoms with Crippen molar-refractivity contribution in [2.24, 2.45) is 11.8 Å². The first-order valence-electron chi connectivity index (χ1n) is 5.10. The molecule has 0 amide bonds. The summed E-state index contributed by atoms with van der Waals surface area (Å²) in [6.45, 7) is 8.77. The summed E-state index contributed by atoms with van der Waals surface area (Å²) in [6.07, 6.45) is 0. The van der Waals surface area contributed by atoms with Crippen molar-refractivity contribution < 1.29 is 0 Å². The Morgan fingerprint density at radius 2 is 1.62 bits per heavy atom. The van der Waals surface area contributed by atoms with E-state index in [1.165, 1.54) is 0 Å². The highest BCUT2D eigenvalue weighted by molar-refractivity contribution is 7.81. The highest BCUT2D eigenvalue weighted by Gasteiger charge is 2.09. The molecule has 0 bridgehead atoms. The number of rotatable bonds is 6. The molecule has 2 unspecified atom stereocenters. The van der Waals surface area contributed by atoms with Crippen LogP contribution in [0.3, 0.4) is 0 Å². The van der Waals surface area contributed by atoms with Gasteiger partial charge in [-0.1, -0.05) is 27.7 Å². The molecule has 0 aromatic carbocycles. The van der Waals surface area contributed by atoms with Crippen LogP contribution in [0.5, 0.6) is 0 Å². The summed E-state index contributed by atoms with van der Waals surface area (Å²) < 4.78 is 0. The molecule has 0 radical (unpaired) electrons. The SMILES string of the molecule is BC(NBNC(S)C(C)C)C(C)C. The van der Waals surface area contributed by atoms with E-state index < -0.39 is 0 Å². The van der Waals surface area contributed by atoms with E-state index in [9.17, 15) is 0 Å². The van der Waals surface area contributed by atoms with Gasteiger partial charge in [-0.3, -0.25) is 0 Å². The fourth-order valence-corrected chi connectivity index (χ4v) is 0.887. The maximum Gasteiger partial charge on any atom is 0.286 e. The summed E-state index contributed by atoms with van der Waals surface area (Å²) in [4.78, 5) is 0. The van der Waals surface area contributed by atoms with Gasteiger partial charge in [0, 0.05) is 5.37 Å². The minimum Gasteiger partial charge on any atom is -0.349 e. The van der Waals surface area contributed by atoms with Gasteiger partial charge in [0.1, 0.15) is 7.85 Å². The molecule has 0 rings (SSSR count). The molecule has 0 aromatic rings. The van der Waals surface area contributed by atoms with Gasteiger partial charge < -0.3 is 10.5 Å². The fraction of sp³-hybridized carbons (Fsp3) is 1.00. The van der Waals surface area contributed by atoms with Crippen LogP contribution >= 0.6 is 12.6 Å². The Kier molecular flexibility index (Phi) is 7.00. The summed E-state index contributed by atoms with van der Waals surface area (Å²) in [5, 5.41) is 7.01. The monoisotopic (exact) mass is 200 g/mol. The first kappa shape index (κ1) is 13.4. The number of thiol groups is 1. The second-order valence-electron chi connectivity index (χ2n) is 4.31. The van der Waals surface area contributed by atoms with Crippen LogP contribution in [0.25, 0.3) is 0 Å². The van der Waals surface area contributed by atoms with Crippen molar-refractivity contribution in [3.63, 3.8) is 0 Å². The van der Waals surface area contributed by atoms with E-state index in [1.54, 1.807) is 0 Å². The normalized spacial score (nSPS) is 16.2. The van der Waals surface area contributed by atoms with Crippen LogP contribution in [-0.2, 0) is 0 Å². The van der Waals surface area contributed by atoms with Gasteiger partial charge in [-0.15, -0.1) is 0 Å². The third kappa shape index (κ3) is 6.47. The van der Waals surface area contributed by atoms with Crippen LogP contribution in [-0.4, -0.2) is 26.7 Å². The van der Waals surface area contributed by atoms with Crippen LogP contribution in [0.15, 0.2) is 0 Å². The lowest BCUT2D eigenvalue weighted by atomic mass is 9.83. The average molecular weight is 200 g/mol. The third-order valence-corrected chi connectivity index (χ3v) is 3.15. The molecule has 0 saturated carbocycles. The van der Waals surface area contributed by atoms with Gasteiger partial charge in [0.25, 0.3) is 7.55 Å². The first-order chi connectivity index (χ1) is 5.95. The second-order valence-corrected chi connectivity index (χ2v) is 4.86. The molecule has 0 aliphatic carbocycles. The lowest BCUT2D eigenvalue weighted by molar-refractivity contribution is 0.561. The Morgan fingerprint density at radius 3 is 2.00 bits per heavy atom. The van der Waals surface area contributed by atoms with Crippen LogP contribution in [0.1, 0.15) is 27.7 Å². The van der Waals surface area contributed by atoms with Gasteiger partial charge in [-0.25, -0.2) is 0 Å². The molecule has 2 atom stereocenters. The van der Waals surface area contributed by atoms with E-state index in [-0.39, 0.29) is 5.37 Å². The van der Waals surface area contributed by atoms with E-state index in [1.807, 2.05) is 0 Å². The molecule has 13 heavy (non-hydrogen) atoms. The number of hydrogen-bond acceptors (Lipinski definition) is 3. The molecule has 0 aliphatic rings. The summed E-state index contributed by atoms with van der Waals surface area (Å²) in [7, 11) is 3.04. The van der Waals surface area contributed by atoms with E-state index in [0.29, 0.717) is 17.8 Å². The molecule has 5 heteroatoms. The molecule has 0 fully saturated rings. The van der Waals surface area contributed by atoms with Crippen molar-refractivity contribution in [1.29, 1.82) is 0 Å². The second kappa shape index (κ2) is 6.79. The van der Waals surface area contributed by atoms with E-state index in [2.05, 4.69) is 58.6 Å². The predicted octanol–water partition coefficient (Wildman–Crippen LogP) is -0.0408. The summed E-state index contributed by atoms with van der Waals surface area (Å²) >= 11 is 4.43. The van der Waals surface area contributed by atoms with E-state index >= 15 is 0 Å². The molecule has 0 aliphatic heterocycles. The van der Waals surface area contributed by atoms with Crippen LogP contribution in [0.2, 0.25) is 0 Å². The highest BCUT2D eigenvalue weighted by Crippen LogP contribution is 2.03. The molecular formula is C8H22B2N2S. The highest BCUT2D eigenvalue weighted by atomic mass is 32.1. The Hall–Kier alpha value is 0.400. The summed E-state index contributed by atoms with van der Waals surface area (Å²) in [6, 6.07) is 0. The van der Waals surface area contributed by atoms with Crippen molar-refractivity contribution in [2.75, 3.05) is 0 Å². The largest absolute Gasteiger partial charge is 0.349 e. The average Bonchev–Trinajstić information content (AvgIpc) is 2.03. The van der Waals surface area contributed by atoms with Crippen molar-refractivity contribution in [1.82, 2.24) is 10.5 Å². The van der Waals surface area contributed by atoms with Crippen molar-refractivity contribution in [3.05, 3.63) is 0 Å². The zero-order chi connectivity index (χ0) is 10.4. The standard InChI is InChI=1S/C8H22B2N2S/c1-5(2)7(9)11-10-12-8(13)6(3)4/h5-8,10-13H,9H2,1-4H3. The van der Waals surface area contributed by atoms with Crippen LogP contribution < -0.4 is 10.5 Å². The van der Waals surface area contributed by atoms with Gasteiger partial charge in [0.05, 0.1) is 0 Å². The molecule has 0 spiro atoms. The molecular weight excluding hydrogens is 178 g/mol. The summed E-state index contributed by atoms with van der Waals surface area (Å²) in [5.41, 5.74) is 0. The van der Waals surface area contributed by atoms with Crippen molar-refractivity contribution in [2.45, 2.75) is 39.0 Å². The van der Waals surface area contributed by atoms with Crippen LogP contribution in [0, 0.1) is 11.8 Å². The Balaban J connectivity index is 3.45. The molecule has 2 nitrogen and oxygen atoms in total. The molecule has 0 aromatic heterocycles. The van der Waals surface area contributed by atoms with E-state index in [4.69, 9.17) is 0 Å². The zero-order valence-electron chi connectivity index (χ0n) is 9.46. The van der Waals surface area contributed by atoms with Gasteiger partial charge in [0.2, 0.25) is 0 Å². The Morgan fingerprint density at radius 1 is 1.08 bits per heavy atom. The minimum absolute atomic E-state index is 0.284. The first-order valence-corrected chi connectivity index (χ1v) is 5.61. The predicted molar refractivity (Wildman–Crippen MR) is 68.2 cm³/mol. The number of nitrogens with one attached hydrogen (secondary N) is 2. The third-order valence-electron chi connectivity index (χ3n) is 2.37. The maximum atomic E-state index is 4.43. The lowest BCUT2D eigenvalue weighted by Gasteiger charge is -2.20. The van der Waals surface area contributed by atoms with Gasteiger partial charge in [0.15, 0.2) is 0 Å². The zero-order valence-corrected chi connectivity index (χ0v) is 10.4. The topological polar surface area (TPSA) is 24.1 Å². The maximum absolute atomic E-state index is 4.43. The molecule has 0 heterocycles. The van der Waals surface area contributed by atoms with Crippen molar-refractivity contribution in [3.8, 4) is 0 Å². The molecule has 76 valence electrons. The van der Waals surface area contributed by atoms with Crippen LogP contribution in [0.4, 0.5) is 0 Å². The quantitative estimate of drug-likeness (QED) is 0.318. The fourth-order valence-electron chi connectivity index (χ4n) is 0.796. The number of hydrogen-bond donors (Lipinski definition) is 3. The van der Waals surface area contributed by atoms with Gasteiger partial charge in [-0.05, 0) is 17.8 Å². The lowest BCUT2D eigenvalue weighted by Crippen LogP contribution is -2.46. The van der Waals surface area contributed by atoms with Crippen molar-refractivity contribution >= 4 is 28.0 Å². The summed E-state index contributed by atoms with van der Waals surface area (Å²) in [5.74, 6) is 1.80. The Labute approximate surface area is 89.7 Å². The molecule has 2 N–H and O–H groups in total.